The third-order valence-corrected chi connectivity index (χ3v) is 11.1. The molecule has 0 fully saturated rings. The normalized spacial score (nSPS) is 15.8. The second-order valence-corrected chi connectivity index (χ2v) is 16.5. The Kier molecular flexibility index (Phi) is 8.29. The van der Waals surface area contributed by atoms with E-state index in [0.717, 1.165) is 68.5 Å². The van der Waals surface area contributed by atoms with Gasteiger partial charge in [-0.25, -0.2) is 4.98 Å². The van der Waals surface area contributed by atoms with Crippen molar-refractivity contribution in [3.8, 4) is 43.6 Å². The number of thiophene rings is 2. The van der Waals surface area contributed by atoms with Gasteiger partial charge in [-0.05, 0) is 81.6 Å². The maximum Gasteiger partial charge on any atom is 0.136 e. The molecule has 1 aliphatic carbocycles. The molecule has 5 aromatic rings. The summed E-state index contributed by atoms with van der Waals surface area (Å²) in [6.45, 7) is 13.5. The van der Waals surface area contributed by atoms with E-state index in [1.54, 1.807) is 36.9 Å². The van der Waals surface area contributed by atoms with E-state index in [9.17, 15) is 0 Å². The van der Waals surface area contributed by atoms with E-state index in [1.165, 1.54) is 20.9 Å². The van der Waals surface area contributed by atoms with E-state index in [2.05, 4.69) is 131 Å². The van der Waals surface area contributed by atoms with Crippen molar-refractivity contribution in [2.24, 2.45) is 10.9 Å². The fourth-order valence-corrected chi connectivity index (χ4v) is 8.01. The summed E-state index contributed by atoms with van der Waals surface area (Å²) < 4.78 is 12.3. The van der Waals surface area contributed by atoms with Crippen LogP contribution in [0.15, 0.2) is 88.6 Å². The molecule has 2 aliphatic rings. The summed E-state index contributed by atoms with van der Waals surface area (Å²) in [5.41, 5.74) is 11.4. The minimum atomic E-state index is -0.0508. The molecule has 4 nitrogen and oxygen atoms in total. The molecule has 1 unspecified atom stereocenters. The number of aromatic nitrogens is 1. The first-order valence-electron chi connectivity index (χ1n) is 16.5. The van der Waals surface area contributed by atoms with Crippen LogP contribution in [0.1, 0.15) is 75.9 Å². The molecule has 2 aromatic carbocycles. The van der Waals surface area contributed by atoms with E-state index in [0.29, 0.717) is 0 Å². The number of ether oxygens (including phenoxy) is 2. The molecule has 0 saturated heterocycles. The maximum absolute atomic E-state index is 6.16. The zero-order valence-corrected chi connectivity index (χ0v) is 30.6. The van der Waals surface area contributed by atoms with Crippen molar-refractivity contribution in [3.05, 3.63) is 112 Å². The molecular formula is C42H42N2O2S2. The van der Waals surface area contributed by atoms with E-state index in [-0.39, 0.29) is 16.7 Å². The van der Waals surface area contributed by atoms with E-state index < -0.39 is 0 Å². The SMILES string of the molecule is COc1c(C2=CCC3C=Cc4ccc(-c5cc(C(C)(C)C)cc(-c6cccs6)c5OC)nc4C3=N2)cc(C(C)(C)C)cc1-c1cccs1. The second-order valence-electron chi connectivity index (χ2n) is 14.6. The fraction of sp³-hybridized carbons (Fsp3) is 0.286. The zero-order chi connectivity index (χ0) is 33.8. The minimum absolute atomic E-state index is 0.0445. The van der Waals surface area contributed by atoms with Crippen LogP contribution in [-0.2, 0) is 10.8 Å². The lowest BCUT2D eigenvalue weighted by Crippen LogP contribution is -2.22. The fourth-order valence-electron chi connectivity index (χ4n) is 6.53. The lowest BCUT2D eigenvalue weighted by Gasteiger charge is -2.27. The molecule has 48 heavy (non-hydrogen) atoms. The minimum Gasteiger partial charge on any atom is -0.495 e. The van der Waals surface area contributed by atoms with Crippen molar-refractivity contribution in [2.45, 2.75) is 58.8 Å². The van der Waals surface area contributed by atoms with Gasteiger partial charge in [0, 0.05) is 43.5 Å². The van der Waals surface area contributed by atoms with Gasteiger partial charge < -0.3 is 9.47 Å². The lowest BCUT2D eigenvalue weighted by molar-refractivity contribution is 0.414. The van der Waals surface area contributed by atoms with Crippen molar-refractivity contribution in [2.75, 3.05) is 14.2 Å². The van der Waals surface area contributed by atoms with Crippen LogP contribution in [0.4, 0.5) is 0 Å². The molecule has 1 atom stereocenters. The lowest BCUT2D eigenvalue weighted by atomic mass is 9.82. The number of nitrogens with zero attached hydrogens (tertiary/aromatic N) is 2. The van der Waals surface area contributed by atoms with Gasteiger partial charge in [-0.2, -0.15) is 0 Å². The Bertz CT molecular complexity index is 2090. The number of hydrogen-bond donors (Lipinski definition) is 0. The number of aliphatic imine (C=N–C) groups is 1. The summed E-state index contributed by atoms with van der Waals surface area (Å²) in [6, 6.07) is 21.9. The highest BCUT2D eigenvalue weighted by atomic mass is 32.1. The van der Waals surface area contributed by atoms with Crippen LogP contribution in [0.3, 0.4) is 0 Å². The van der Waals surface area contributed by atoms with Crippen LogP contribution in [0.5, 0.6) is 11.5 Å². The molecule has 4 heterocycles. The smallest absolute Gasteiger partial charge is 0.136 e. The summed E-state index contributed by atoms with van der Waals surface area (Å²) in [6.07, 6.45) is 7.58. The predicted octanol–water partition coefficient (Wildman–Crippen LogP) is 11.7. The summed E-state index contributed by atoms with van der Waals surface area (Å²) in [5, 5.41) is 4.23. The average molecular weight is 671 g/mol. The van der Waals surface area contributed by atoms with Crippen LogP contribution in [0, 0.1) is 5.92 Å². The molecule has 0 saturated carbocycles. The molecule has 0 bridgehead atoms. The number of benzene rings is 2. The van der Waals surface area contributed by atoms with Crippen LogP contribution in [0.25, 0.3) is 43.9 Å². The van der Waals surface area contributed by atoms with Gasteiger partial charge in [0.05, 0.1) is 37.0 Å². The topological polar surface area (TPSA) is 43.7 Å². The van der Waals surface area contributed by atoms with Gasteiger partial charge in [-0.1, -0.05) is 78.0 Å². The molecular weight excluding hydrogens is 629 g/mol. The Morgan fingerprint density at radius 1 is 0.708 bits per heavy atom. The summed E-state index contributed by atoms with van der Waals surface area (Å²) in [7, 11) is 3.53. The Hall–Kier alpha value is -4.26. The van der Waals surface area contributed by atoms with E-state index in [1.807, 2.05) is 0 Å². The molecule has 3 aromatic heterocycles. The van der Waals surface area contributed by atoms with Gasteiger partial charge >= 0.3 is 0 Å². The van der Waals surface area contributed by atoms with Crippen LogP contribution < -0.4 is 9.47 Å². The Labute approximate surface area is 292 Å². The molecule has 244 valence electrons. The van der Waals surface area contributed by atoms with Crippen molar-refractivity contribution < 1.29 is 9.47 Å². The van der Waals surface area contributed by atoms with Crippen LogP contribution in [-0.4, -0.2) is 24.9 Å². The highest BCUT2D eigenvalue weighted by molar-refractivity contribution is 7.13. The van der Waals surface area contributed by atoms with Gasteiger partial charge in [0.1, 0.15) is 11.5 Å². The standard InChI is InChI=1S/C42H42N2O2S2/c1-41(2,3)27-21-29(39(45-7)31(23-27)35-11-9-19-47-35)33-17-15-25-13-14-26-16-18-34(44-38(26)37(25)43-33)30-22-28(42(4,5)6)24-32(40(30)46-8)36-12-10-20-48-36/h9-15,17-24,26H,16H2,1-8H3. The maximum atomic E-state index is 6.16. The molecule has 7 rings (SSSR count). The molecule has 0 spiro atoms. The van der Waals surface area contributed by atoms with Crippen LogP contribution >= 0.6 is 22.7 Å². The average Bonchev–Trinajstić information content (AvgIpc) is 3.81. The summed E-state index contributed by atoms with van der Waals surface area (Å²) in [5.74, 6) is 1.86. The number of methoxy groups -OCH3 is 2. The Balaban J connectivity index is 1.39. The van der Waals surface area contributed by atoms with E-state index >= 15 is 0 Å². The van der Waals surface area contributed by atoms with Gasteiger partial charge in [-0.15, -0.1) is 22.7 Å². The first-order chi connectivity index (χ1) is 23.0. The van der Waals surface area contributed by atoms with Gasteiger partial charge in [0.2, 0.25) is 0 Å². The van der Waals surface area contributed by atoms with Gasteiger partial charge in [0.25, 0.3) is 0 Å². The number of pyridine rings is 1. The first-order valence-corrected chi connectivity index (χ1v) is 18.2. The Morgan fingerprint density at radius 3 is 1.81 bits per heavy atom. The second kappa shape index (κ2) is 12.3. The van der Waals surface area contributed by atoms with Crippen LogP contribution in [0.2, 0.25) is 0 Å². The summed E-state index contributed by atoms with van der Waals surface area (Å²) in [4.78, 5) is 13.2. The molecule has 6 heteroatoms. The highest BCUT2D eigenvalue weighted by Gasteiger charge is 2.30. The molecule has 0 radical (unpaired) electrons. The highest BCUT2D eigenvalue weighted by Crippen LogP contribution is 2.46. The quantitative estimate of drug-likeness (QED) is 0.181. The number of fused-ring (bicyclic) bond motifs is 3. The number of allylic oxidation sites excluding steroid dienone is 2. The number of rotatable bonds is 6. The molecule has 0 N–H and O–H groups in total. The van der Waals surface area contributed by atoms with Crippen molar-refractivity contribution >= 4 is 40.2 Å². The first kappa shape index (κ1) is 32.3. The third kappa shape index (κ3) is 5.86. The van der Waals surface area contributed by atoms with Crippen molar-refractivity contribution in [1.82, 2.24) is 4.98 Å². The molecule has 1 aliphatic heterocycles. The predicted molar refractivity (Wildman–Crippen MR) is 205 cm³/mol. The third-order valence-electron chi connectivity index (χ3n) is 9.28. The van der Waals surface area contributed by atoms with Crippen molar-refractivity contribution in [3.63, 3.8) is 0 Å². The Morgan fingerprint density at radius 2 is 1.27 bits per heavy atom. The largest absolute Gasteiger partial charge is 0.495 e. The monoisotopic (exact) mass is 670 g/mol. The van der Waals surface area contributed by atoms with Crippen molar-refractivity contribution in [1.29, 1.82) is 0 Å². The van der Waals surface area contributed by atoms with E-state index in [4.69, 9.17) is 19.5 Å². The summed E-state index contributed by atoms with van der Waals surface area (Å²) >= 11 is 3.46. The molecule has 0 amide bonds. The number of hydrogen-bond acceptors (Lipinski definition) is 6. The van der Waals surface area contributed by atoms with Gasteiger partial charge in [-0.3, -0.25) is 4.99 Å². The van der Waals surface area contributed by atoms with Gasteiger partial charge in [0.15, 0.2) is 0 Å². The zero-order valence-electron chi connectivity index (χ0n) is 29.0.